The van der Waals surface area contributed by atoms with Gasteiger partial charge < -0.3 is 9.30 Å². The molecule has 0 radical (unpaired) electrons. The Labute approximate surface area is 130 Å². The third-order valence-corrected chi connectivity index (χ3v) is 4.40. The van der Waals surface area contributed by atoms with E-state index in [9.17, 15) is 0 Å². The molecule has 4 heteroatoms. The molecule has 2 aromatic heterocycles. The Morgan fingerprint density at radius 2 is 1.77 bits per heavy atom. The molecular formula is C18H20N4. The average molecular weight is 292 g/mol. The zero-order valence-corrected chi connectivity index (χ0v) is 12.7. The Balaban J connectivity index is 1.74. The number of anilines is 1. The Hall–Kier alpha value is -2.33. The number of hydrogen-bond acceptors (Lipinski definition) is 3. The zero-order valence-electron chi connectivity index (χ0n) is 12.7. The molecule has 1 aromatic carbocycles. The highest BCUT2D eigenvalue weighted by Gasteiger charge is 2.20. The smallest absolute Gasteiger partial charge is 0.153 e. The van der Waals surface area contributed by atoms with Crippen molar-refractivity contribution in [3.63, 3.8) is 0 Å². The van der Waals surface area contributed by atoms with Gasteiger partial charge in [-0.3, -0.25) is 4.90 Å². The van der Waals surface area contributed by atoms with Crippen molar-refractivity contribution >= 4 is 22.4 Å². The highest BCUT2D eigenvalue weighted by molar-refractivity contribution is 5.85. The van der Waals surface area contributed by atoms with Gasteiger partial charge in [-0.05, 0) is 24.3 Å². The quantitative estimate of drug-likeness (QED) is 0.694. The maximum absolute atomic E-state index is 4.94. The largest absolute Gasteiger partial charge is 0.352 e. The molecule has 22 heavy (non-hydrogen) atoms. The van der Waals surface area contributed by atoms with Crippen molar-refractivity contribution in [3.8, 4) is 0 Å². The third-order valence-electron chi connectivity index (χ3n) is 4.40. The van der Waals surface area contributed by atoms with E-state index in [-0.39, 0.29) is 0 Å². The summed E-state index contributed by atoms with van der Waals surface area (Å²) in [6, 6.07) is 12.6. The van der Waals surface area contributed by atoms with E-state index in [4.69, 9.17) is 4.98 Å². The predicted molar refractivity (Wildman–Crippen MR) is 91.5 cm³/mol. The molecule has 4 rings (SSSR count). The lowest BCUT2D eigenvalue weighted by Gasteiger charge is -2.35. The second kappa shape index (κ2) is 5.46. The van der Waals surface area contributed by atoms with Crippen LogP contribution in [0.15, 0.2) is 55.3 Å². The van der Waals surface area contributed by atoms with E-state index in [0.717, 1.165) is 49.6 Å². The van der Waals surface area contributed by atoms with Crippen LogP contribution in [0.4, 0.5) is 5.82 Å². The van der Waals surface area contributed by atoms with Gasteiger partial charge in [0.05, 0.1) is 16.6 Å². The van der Waals surface area contributed by atoms with Crippen LogP contribution < -0.4 is 4.90 Å². The minimum atomic E-state index is 0.972. The van der Waals surface area contributed by atoms with E-state index in [0.29, 0.717) is 0 Å². The van der Waals surface area contributed by atoms with Crippen LogP contribution in [-0.2, 0) is 0 Å². The number of rotatable bonds is 3. The van der Waals surface area contributed by atoms with E-state index >= 15 is 0 Å². The number of para-hydroxylation sites is 2. The number of fused-ring (bicyclic) bond motifs is 3. The van der Waals surface area contributed by atoms with Crippen LogP contribution in [0.1, 0.15) is 0 Å². The van der Waals surface area contributed by atoms with Crippen LogP contribution in [0.3, 0.4) is 0 Å². The lowest BCUT2D eigenvalue weighted by atomic mass is 10.2. The van der Waals surface area contributed by atoms with Crippen LogP contribution in [0.25, 0.3) is 16.6 Å². The predicted octanol–water partition coefficient (Wildman–Crippen LogP) is 2.80. The molecule has 4 nitrogen and oxygen atoms in total. The van der Waals surface area contributed by atoms with Gasteiger partial charge in [-0.1, -0.05) is 18.2 Å². The lowest BCUT2D eigenvalue weighted by Crippen LogP contribution is -2.46. The van der Waals surface area contributed by atoms with Crippen molar-refractivity contribution in [2.75, 3.05) is 37.6 Å². The standard InChI is InChI=1S/C18H20N4/c1-2-9-20-11-13-21(14-12-20)18-17-8-5-10-22(17)16-7-4-3-6-15(16)19-18/h2-8,10H,1,9,11-14H2. The average Bonchev–Trinajstić information content (AvgIpc) is 3.05. The van der Waals surface area contributed by atoms with Crippen LogP contribution in [-0.4, -0.2) is 47.0 Å². The Morgan fingerprint density at radius 3 is 2.59 bits per heavy atom. The first-order valence-corrected chi connectivity index (χ1v) is 7.81. The third kappa shape index (κ3) is 2.16. The van der Waals surface area contributed by atoms with Gasteiger partial charge in [-0.2, -0.15) is 0 Å². The molecule has 1 aliphatic heterocycles. The molecule has 3 heterocycles. The summed E-state index contributed by atoms with van der Waals surface area (Å²) < 4.78 is 2.24. The Bertz CT molecular complexity index is 812. The maximum atomic E-state index is 4.94. The highest BCUT2D eigenvalue weighted by Crippen LogP contribution is 2.26. The van der Waals surface area contributed by atoms with E-state index in [2.05, 4.69) is 63.4 Å². The summed E-state index contributed by atoms with van der Waals surface area (Å²) >= 11 is 0. The fourth-order valence-corrected chi connectivity index (χ4v) is 3.26. The van der Waals surface area contributed by atoms with Gasteiger partial charge >= 0.3 is 0 Å². The number of hydrogen-bond donors (Lipinski definition) is 0. The van der Waals surface area contributed by atoms with Gasteiger partial charge in [0, 0.05) is 38.9 Å². The molecule has 0 amide bonds. The number of aromatic nitrogens is 2. The molecule has 1 saturated heterocycles. The minimum Gasteiger partial charge on any atom is -0.352 e. The Morgan fingerprint density at radius 1 is 1.00 bits per heavy atom. The van der Waals surface area contributed by atoms with Crippen molar-refractivity contribution in [1.82, 2.24) is 14.3 Å². The fraction of sp³-hybridized carbons (Fsp3) is 0.278. The second-order valence-corrected chi connectivity index (χ2v) is 5.76. The van der Waals surface area contributed by atoms with Gasteiger partial charge in [-0.25, -0.2) is 4.98 Å². The molecule has 1 fully saturated rings. The first-order chi connectivity index (χ1) is 10.9. The monoisotopic (exact) mass is 292 g/mol. The van der Waals surface area contributed by atoms with E-state index < -0.39 is 0 Å². The topological polar surface area (TPSA) is 23.8 Å². The van der Waals surface area contributed by atoms with Crippen molar-refractivity contribution in [3.05, 3.63) is 55.3 Å². The minimum absolute atomic E-state index is 0.972. The van der Waals surface area contributed by atoms with E-state index in [1.807, 2.05) is 6.08 Å². The molecule has 0 spiro atoms. The molecule has 3 aromatic rings. The molecule has 0 N–H and O–H groups in total. The van der Waals surface area contributed by atoms with Crippen LogP contribution in [0, 0.1) is 0 Å². The highest BCUT2D eigenvalue weighted by atomic mass is 15.3. The molecule has 0 bridgehead atoms. The SMILES string of the molecule is C=CCN1CCN(c2nc3ccccc3n3cccc23)CC1. The Kier molecular flexibility index (Phi) is 3.31. The molecular weight excluding hydrogens is 272 g/mol. The second-order valence-electron chi connectivity index (χ2n) is 5.76. The summed E-state index contributed by atoms with van der Waals surface area (Å²) in [4.78, 5) is 9.77. The molecule has 0 unspecified atom stereocenters. The van der Waals surface area contributed by atoms with Gasteiger partial charge in [-0.15, -0.1) is 6.58 Å². The van der Waals surface area contributed by atoms with Crippen LogP contribution >= 0.6 is 0 Å². The summed E-state index contributed by atoms with van der Waals surface area (Å²) in [6.45, 7) is 8.95. The van der Waals surface area contributed by atoms with Crippen LogP contribution in [0.2, 0.25) is 0 Å². The molecule has 0 atom stereocenters. The summed E-state index contributed by atoms with van der Waals surface area (Å²) in [7, 11) is 0. The molecule has 0 aliphatic carbocycles. The molecule has 1 aliphatic rings. The summed E-state index contributed by atoms with van der Waals surface area (Å²) in [5, 5.41) is 0. The number of nitrogens with zero attached hydrogens (tertiary/aromatic N) is 4. The van der Waals surface area contributed by atoms with Crippen molar-refractivity contribution in [2.24, 2.45) is 0 Å². The van der Waals surface area contributed by atoms with Crippen LogP contribution in [0.5, 0.6) is 0 Å². The first-order valence-electron chi connectivity index (χ1n) is 7.81. The lowest BCUT2D eigenvalue weighted by molar-refractivity contribution is 0.284. The van der Waals surface area contributed by atoms with E-state index in [1.54, 1.807) is 0 Å². The number of benzene rings is 1. The summed E-state index contributed by atoms with van der Waals surface area (Å²) in [6.07, 6.45) is 4.10. The maximum Gasteiger partial charge on any atom is 0.153 e. The summed E-state index contributed by atoms with van der Waals surface area (Å²) in [5.41, 5.74) is 3.40. The first kappa shape index (κ1) is 13.3. The van der Waals surface area contributed by atoms with Gasteiger partial charge in [0.15, 0.2) is 5.82 Å². The molecule has 0 saturated carbocycles. The zero-order chi connectivity index (χ0) is 14.9. The van der Waals surface area contributed by atoms with Gasteiger partial charge in [0.1, 0.15) is 0 Å². The summed E-state index contributed by atoms with van der Waals surface area (Å²) in [5.74, 6) is 1.10. The van der Waals surface area contributed by atoms with E-state index in [1.165, 1.54) is 5.52 Å². The van der Waals surface area contributed by atoms with Crippen molar-refractivity contribution < 1.29 is 0 Å². The normalized spacial score (nSPS) is 16.5. The fourth-order valence-electron chi connectivity index (χ4n) is 3.26. The van der Waals surface area contributed by atoms with Gasteiger partial charge in [0.25, 0.3) is 0 Å². The van der Waals surface area contributed by atoms with Gasteiger partial charge in [0.2, 0.25) is 0 Å². The molecule has 112 valence electrons. The van der Waals surface area contributed by atoms with Crippen molar-refractivity contribution in [2.45, 2.75) is 0 Å². The van der Waals surface area contributed by atoms with Crippen molar-refractivity contribution in [1.29, 1.82) is 0 Å². The number of piperazine rings is 1.